The van der Waals surface area contributed by atoms with Gasteiger partial charge in [0.25, 0.3) is 0 Å². The van der Waals surface area contributed by atoms with Crippen molar-refractivity contribution in [3.05, 3.63) is 0 Å². The Balaban J connectivity index is 2.30. The maximum atomic E-state index is 12.1. The Labute approximate surface area is 143 Å². The monoisotopic (exact) mass is 356 g/mol. The molecule has 1 rings (SSSR count). The van der Waals surface area contributed by atoms with Crippen LogP contribution in [0.2, 0.25) is 0 Å². The van der Waals surface area contributed by atoms with Gasteiger partial charge in [0, 0.05) is 11.8 Å². The highest BCUT2D eigenvalue weighted by molar-refractivity contribution is 6.57. The summed E-state index contributed by atoms with van der Waals surface area (Å²) in [7, 11) is 0. The third-order valence-electron chi connectivity index (χ3n) is 3.97. The summed E-state index contributed by atoms with van der Waals surface area (Å²) in [5.41, 5.74) is 0. The molecule has 0 aliphatic heterocycles. The zero-order valence-electron chi connectivity index (χ0n) is 12.9. The van der Waals surface area contributed by atoms with Crippen LogP contribution in [0.4, 0.5) is 0 Å². The molecule has 1 fully saturated rings. The van der Waals surface area contributed by atoms with Crippen LogP contribution in [-0.2, 0) is 9.53 Å². The van der Waals surface area contributed by atoms with Crippen LogP contribution in [0.3, 0.4) is 0 Å². The van der Waals surface area contributed by atoms with Crippen LogP contribution in [0.25, 0.3) is 0 Å². The SMILES string of the molecule is CCCCCCC(Cl)CC(Cl)(Cl)C(=O)OC1CCCCC1. The standard InChI is InChI=1S/C16H27Cl3O2/c1-2-3-4-6-9-13(17)12-16(18,19)15(20)21-14-10-7-5-8-11-14/h13-14H,2-12H2,1H3. The summed E-state index contributed by atoms with van der Waals surface area (Å²) in [6.07, 6.45) is 10.9. The average molecular weight is 358 g/mol. The van der Waals surface area contributed by atoms with Gasteiger partial charge >= 0.3 is 5.97 Å². The Morgan fingerprint density at radius 1 is 1.19 bits per heavy atom. The minimum absolute atomic E-state index is 0.0264. The lowest BCUT2D eigenvalue weighted by atomic mass is 9.98. The molecular weight excluding hydrogens is 331 g/mol. The molecule has 0 bridgehead atoms. The number of hydrogen-bond donors (Lipinski definition) is 0. The van der Waals surface area contributed by atoms with Crippen molar-refractivity contribution in [3.8, 4) is 0 Å². The molecule has 1 aliphatic carbocycles. The number of halogens is 3. The Morgan fingerprint density at radius 2 is 1.86 bits per heavy atom. The highest BCUT2D eigenvalue weighted by atomic mass is 35.5. The van der Waals surface area contributed by atoms with Crippen LogP contribution in [-0.4, -0.2) is 21.8 Å². The second-order valence-corrected chi connectivity index (χ2v) is 8.12. The van der Waals surface area contributed by atoms with Gasteiger partial charge in [-0.1, -0.05) is 62.2 Å². The van der Waals surface area contributed by atoms with Crippen LogP contribution in [0, 0.1) is 0 Å². The van der Waals surface area contributed by atoms with Crippen molar-refractivity contribution in [2.45, 2.75) is 93.4 Å². The number of carbonyl (C=O) groups is 1. The number of rotatable bonds is 9. The van der Waals surface area contributed by atoms with Crippen LogP contribution in [0.15, 0.2) is 0 Å². The third-order valence-corrected chi connectivity index (χ3v) is 4.96. The first-order chi connectivity index (χ1) is 9.95. The molecule has 1 atom stereocenters. The number of ether oxygens (including phenoxy) is 1. The van der Waals surface area contributed by atoms with E-state index in [1.54, 1.807) is 0 Å². The van der Waals surface area contributed by atoms with Gasteiger partial charge in [0.15, 0.2) is 0 Å². The summed E-state index contributed by atoms with van der Waals surface area (Å²) in [5, 5.41) is -0.184. The molecule has 2 nitrogen and oxygen atoms in total. The fourth-order valence-electron chi connectivity index (χ4n) is 2.68. The molecule has 0 aromatic heterocycles. The number of unbranched alkanes of at least 4 members (excludes halogenated alkanes) is 3. The molecule has 21 heavy (non-hydrogen) atoms. The van der Waals surface area contributed by atoms with E-state index < -0.39 is 10.3 Å². The van der Waals surface area contributed by atoms with Gasteiger partial charge in [-0.3, -0.25) is 0 Å². The van der Waals surface area contributed by atoms with E-state index in [9.17, 15) is 4.79 Å². The van der Waals surface area contributed by atoms with Crippen LogP contribution < -0.4 is 0 Å². The highest BCUT2D eigenvalue weighted by Crippen LogP contribution is 2.33. The molecule has 0 aromatic rings. The summed E-state index contributed by atoms with van der Waals surface area (Å²) in [5.74, 6) is -0.531. The number of hydrogen-bond acceptors (Lipinski definition) is 2. The highest BCUT2D eigenvalue weighted by Gasteiger charge is 2.39. The van der Waals surface area contributed by atoms with Crippen molar-refractivity contribution in [1.29, 1.82) is 0 Å². The zero-order valence-corrected chi connectivity index (χ0v) is 15.2. The van der Waals surface area contributed by atoms with E-state index in [2.05, 4.69) is 6.92 Å². The lowest BCUT2D eigenvalue weighted by Crippen LogP contribution is -2.35. The van der Waals surface area contributed by atoms with Crippen LogP contribution >= 0.6 is 34.8 Å². The van der Waals surface area contributed by atoms with Crippen molar-refractivity contribution in [2.24, 2.45) is 0 Å². The fourth-order valence-corrected chi connectivity index (χ4v) is 3.68. The van der Waals surface area contributed by atoms with Crippen molar-refractivity contribution in [1.82, 2.24) is 0 Å². The molecule has 5 heteroatoms. The Hall–Kier alpha value is 0.340. The van der Waals surface area contributed by atoms with Gasteiger partial charge in [-0.2, -0.15) is 0 Å². The van der Waals surface area contributed by atoms with Gasteiger partial charge in [-0.25, -0.2) is 4.79 Å². The molecule has 0 heterocycles. The molecule has 1 saturated carbocycles. The van der Waals surface area contributed by atoms with E-state index in [-0.39, 0.29) is 17.9 Å². The van der Waals surface area contributed by atoms with Gasteiger partial charge < -0.3 is 4.74 Å². The Bertz CT molecular complexity index is 302. The van der Waals surface area contributed by atoms with E-state index in [0.29, 0.717) is 0 Å². The minimum Gasteiger partial charge on any atom is -0.460 e. The smallest absolute Gasteiger partial charge is 0.342 e. The van der Waals surface area contributed by atoms with E-state index in [1.165, 1.54) is 19.3 Å². The Kier molecular flexibility index (Phi) is 9.40. The second kappa shape index (κ2) is 10.2. The first-order valence-corrected chi connectivity index (χ1v) is 9.38. The number of alkyl halides is 3. The van der Waals surface area contributed by atoms with Crippen molar-refractivity contribution in [3.63, 3.8) is 0 Å². The number of esters is 1. The van der Waals surface area contributed by atoms with E-state index >= 15 is 0 Å². The number of carbonyl (C=O) groups excluding carboxylic acids is 1. The molecular formula is C16H27Cl3O2. The quantitative estimate of drug-likeness (QED) is 0.287. The molecule has 0 N–H and O–H groups in total. The predicted octanol–water partition coefficient (Wildman–Crippen LogP) is 6.00. The summed E-state index contributed by atoms with van der Waals surface area (Å²) < 4.78 is 3.92. The van der Waals surface area contributed by atoms with Gasteiger partial charge in [-0.15, -0.1) is 11.6 Å². The summed E-state index contributed by atoms with van der Waals surface area (Å²) in [6, 6.07) is 0. The molecule has 1 aliphatic rings. The molecule has 0 saturated heterocycles. The van der Waals surface area contributed by atoms with Crippen molar-refractivity contribution < 1.29 is 9.53 Å². The second-order valence-electron chi connectivity index (χ2n) is 6.02. The largest absolute Gasteiger partial charge is 0.460 e. The zero-order chi connectivity index (χ0) is 15.7. The van der Waals surface area contributed by atoms with Crippen LogP contribution in [0.5, 0.6) is 0 Å². The van der Waals surface area contributed by atoms with Crippen molar-refractivity contribution >= 4 is 40.8 Å². The molecule has 1 unspecified atom stereocenters. The third kappa shape index (κ3) is 7.95. The normalized spacial score (nSPS) is 18.5. The van der Waals surface area contributed by atoms with Crippen LogP contribution in [0.1, 0.15) is 77.6 Å². The van der Waals surface area contributed by atoms with Gasteiger partial charge in [0.2, 0.25) is 4.33 Å². The molecule has 0 aromatic carbocycles. The molecule has 0 radical (unpaired) electrons. The fraction of sp³-hybridized carbons (Fsp3) is 0.938. The molecule has 124 valence electrons. The Morgan fingerprint density at radius 3 is 2.48 bits per heavy atom. The lowest BCUT2D eigenvalue weighted by molar-refractivity contribution is -0.151. The summed E-state index contributed by atoms with van der Waals surface area (Å²) >= 11 is 18.5. The first-order valence-electron chi connectivity index (χ1n) is 8.18. The van der Waals surface area contributed by atoms with Crippen molar-refractivity contribution in [2.75, 3.05) is 0 Å². The van der Waals surface area contributed by atoms with E-state index in [0.717, 1.165) is 44.9 Å². The van der Waals surface area contributed by atoms with E-state index in [1.807, 2.05) is 0 Å². The topological polar surface area (TPSA) is 26.3 Å². The summed E-state index contributed by atoms with van der Waals surface area (Å²) in [4.78, 5) is 12.1. The maximum absolute atomic E-state index is 12.1. The van der Waals surface area contributed by atoms with E-state index in [4.69, 9.17) is 39.5 Å². The minimum atomic E-state index is -1.52. The first kappa shape index (κ1) is 19.4. The van der Waals surface area contributed by atoms with Gasteiger partial charge in [0.05, 0.1) is 0 Å². The average Bonchev–Trinajstić information content (AvgIpc) is 2.44. The van der Waals surface area contributed by atoms with Gasteiger partial charge in [0.1, 0.15) is 6.10 Å². The molecule has 0 spiro atoms. The van der Waals surface area contributed by atoms with Gasteiger partial charge in [-0.05, 0) is 32.1 Å². The lowest BCUT2D eigenvalue weighted by Gasteiger charge is -2.26. The summed E-state index contributed by atoms with van der Waals surface area (Å²) in [6.45, 7) is 2.17. The molecule has 0 amide bonds. The maximum Gasteiger partial charge on any atom is 0.342 e. The predicted molar refractivity (Wildman–Crippen MR) is 90.4 cm³/mol.